The number of hydrogen-bond donors (Lipinski definition) is 1. The van der Waals surface area contributed by atoms with Crippen molar-refractivity contribution < 1.29 is 9.52 Å². The van der Waals surface area contributed by atoms with Crippen LogP contribution < -0.4 is 0 Å². The van der Waals surface area contributed by atoms with Crippen LogP contribution in [0, 0.1) is 0 Å². The second kappa shape index (κ2) is 5.38. The molecule has 17 heavy (non-hydrogen) atoms. The summed E-state index contributed by atoms with van der Waals surface area (Å²) in [5.41, 5.74) is 1.00. The highest BCUT2D eigenvalue weighted by molar-refractivity contribution is 9.11. The van der Waals surface area contributed by atoms with Gasteiger partial charge in [0.2, 0.25) is 0 Å². The zero-order chi connectivity index (χ0) is 12.4. The second-order valence-electron chi connectivity index (χ2n) is 3.94. The summed E-state index contributed by atoms with van der Waals surface area (Å²) in [4.78, 5) is 0. The van der Waals surface area contributed by atoms with Crippen LogP contribution >= 0.6 is 31.9 Å². The van der Waals surface area contributed by atoms with Gasteiger partial charge in [-0.15, -0.1) is 0 Å². The molecule has 90 valence electrons. The van der Waals surface area contributed by atoms with Crippen LogP contribution in [0.25, 0.3) is 11.3 Å². The van der Waals surface area contributed by atoms with Crippen LogP contribution in [0.4, 0.5) is 0 Å². The molecular weight excluding hydrogens is 348 g/mol. The van der Waals surface area contributed by atoms with Gasteiger partial charge in [-0.05, 0) is 53.2 Å². The number of rotatable bonds is 3. The Morgan fingerprint density at radius 2 is 2.00 bits per heavy atom. The number of furan rings is 1. The van der Waals surface area contributed by atoms with Crippen LogP contribution in [0.15, 0.2) is 43.7 Å². The monoisotopic (exact) mass is 358 g/mol. The van der Waals surface area contributed by atoms with Crippen molar-refractivity contribution >= 4 is 31.9 Å². The summed E-state index contributed by atoms with van der Waals surface area (Å²) in [6.07, 6.45) is 0.149. The van der Waals surface area contributed by atoms with Gasteiger partial charge in [0, 0.05) is 20.9 Å². The molecule has 0 aliphatic carbocycles. The number of aliphatic hydroxyl groups excluding tert-OH is 1. The minimum absolute atomic E-state index is 0.387. The Morgan fingerprint density at radius 3 is 2.65 bits per heavy atom. The Morgan fingerprint density at radius 1 is 1.24 bits per heavy atom. The van der Waals surface area contributed by atoms with E-state index in [1.54, 1.807) is 6.92 Å². The van der Waals surface area contributed by atoms with Gasteiger partial charge in [0.25, 0.3) is 0 Å². The van der Waals surface area contributed by atoms with E-state index < -0.39 is 0 Å². The van der Waals surface area contributed by atoms with Gasteiger partial charge in [-0.25, -0.2) is 0 Å². The lowest BCUT2D eigenvalue weighted by Gasteiger charge is -2.02. The van der Waals surface area contributed by atoms with Gasteiger partial charge in [0.1, 0.15) is 11.5 Å². The van der Waals surface area contributed by atoms with Crippen LogP contribution in [0.5, 0.6) is 0 Å². The van der Waals surface area contributed by atoms with Crippen molar-refractivity contribution in [1.29, 1.82) is 0 Å². The fraction of sp³-hybridized carbons (Fsp3) is 0.231. The van der Waals surface area contributed by atoms with E-state index >= 15 is 0 Å². The van der Waals surface area contributed by atoms with E-state index in [1.165, 1.54) is 0 Å². The van der Waals surface area contributed by atoms with Gasteiger partial charge in [-0.2, -0.15) is 0 Å². The third-order valence-corrected chi connectivity index (χ3v) is 3.50. The zero-order valence-electron chi connectivity index (χ0n) is 9.28. The summed E-state index contributed by atoms with van der Waals surface area (Å²) < 4.78 is 7.69. The van der Waals surface area contributed by atoms with E-state index in [0.29, 0.717) is 6.42 Å². The van der Waals surface area contributed by atoms with E-state index in [-0.39, 0.29) is 6.10 Å². The van der Waals surface area contributed by atoms with E-state index in [2.05, 4.69) is 31.9 Å². The quantitative estimate of drug-likeness (QED) is 0.881. The Hall–Kier alpha value is -0.580. The summed E-state index contributed by atoms with van der Waals surface area (Å²) in [5.74, 6) is 1.60. The standard InChI is InChI=1S/C13H12Br2O2/c1-8(16)6-10-3-5-13(17-10)11-4-2-9(14)7-12(11)15/h2-5,7-8,16H,6H2,1H3. The summed E-state index contributed by atoms with van der Waals surface area (Å²) in [5, 5.41) is 9.30. The maximum atomic E-state index is 9.30. The third kappa shape index (κ3) is 3.21. The normalized spacial score (nSPS) is 12.7. The minimum atomic E-state index is -0.387. The molecule has 0 bridgehead atoms. The van der Waals surface area contributed by atoms with Crippen molar-refractivity contribution in [3.63, 3.8) is 0 Å². The first-order chi connectivity index (χ1) is 8.06. The van der Waals surface area contributed by atoms with Crippen molar-refractivity contribution in [3.8, 4) is 11.3 Å². The molecule has 0 amide bonds. The van der Waals surface area contributed by atoms with Crippen molar-refractivity contribution in [3.05, 3.63) is 45.0 Å². The van der Waals surface area contributed by atoms with Gasteiger partial charge in [-0.1, -0.05) is 15.9 Å². The molecule has 2 rings (SSSR count). The smallest absolute Gasteiger partial charge is 0.135 e. The summed E-state index contributed by atoms with van der Waals surface area (Å²) >= 11 is 6.92. The molecule has 0 spiro atoms. The predicted molar refractivity (Wildman–Crippen MR) is 74.9 cm³/mol. The van der Waals surface area contributed by atoms with Gasteiger partial charge in [0.05, 0.1) is 6.10 Å². The summed E-state index contributed by atoms with van der Waals surface area (Å²) in [7, 11) is 0. The fourth-order valence-corrected chi connectivity index (χ4v) is 2.86. The topological polar surface area (TPSA) is 33.4 Å². The first-order valence-corrected chi connectivity index (χ1v) is 6.87. The first kappa shape index (κ1) is 12.9. The highest BCUT2D eigenvalue weighted by Gasteiger charge is 2.09. The van der Waals surface area contributed by atoms with Crippen LogP contribution in [0.2, 0.25) is 0 Å². The molecule has 2 nitrogen and oxygen atoms in total. The van der Waals surface area contributed by atoms with E-state index in [4.69, 9.17) is 4.42 Å². The Bertz CT molecular complexity index is 518. The number of aliphatic hydroxyl groups is 1. The molecule has 0 saturated heterocycles. The molecule has 0 saturated carbocycles. The molecule has 1 aromatic heterocycles. The van der Waals surface area contributed by atoms with E-state index in [0.717, 1.165) is 26.0 Å². The molecule has 4 heteroatoms. The van der Waals surface area contributed by atoms with Gasteiger partial charge in [-0.3, -0.25) is 0 Å². The van der Waals surface area contributed by atoms with E-state index in [1.807, 2.05) is 30.3 Å². The summed E-state index contributed by atoms with van der Waals surface area (Å²) in [6.45, 7) is 1.75. The second-order valence-corrected chi connectivity index (χ2v) is 5.71. The van der Waals surface area contributed by atoms with Crippen molar-refractivity contribution in [1.82, 2.24) is 0 Å². The maximum Gasteiger partial charge on any atom is 0.135 e. The van der Waals surface area contributed by atoms with Crippen LogP contribution in [0.3, 0.4) is 0 Å². The zero-order valence-corrected chi connectivity index (χ0v) is 12.5. The molecule has 0 aliphatic heterocycles. The largest absolute Gasteiger partial charge is 0.461 e. The number of hydrogen-bond acceptors (Lipinski definition) is 2. The van der Waals surface area contributed by atoms with Crippen LogP contribution in [0.1, 0.15) is 12.7 Å². The van der Waals surface area contributed by atoms with Crippen molar-refractivity contribution in [2.75, 3.05) is 0 Å². The lowest BCUT2D eigenvalue weighted by molar-refractivity contribution is 0.187. The van der Waals surface area contributed by atoms with Gasteiger partial charge in [0.15, 0.2) is 0 Å². The highest BCUT2D eigenvalue weighted by atomic mass is 79.9. The predicted octanol–water partition coefficient (Wildman–Crippen LogP) is 4.39. The molecule has 1 atom stereocenters. The number of benzene rings is 1. The average molecular weight is 360 g/mol. The minimum Gasteiger partial charge on any atom is -0.461 e. The molecule has 0 fully saturated rings. The molecule has 1 N–H and O–H groups in total. The molecule has 1 unspecified atom stereocenters. The Balaban J connectivity index is 2.30. The Labute approximate surface area is 117 Å². The first-order valence-electron chi connectivity index (χ1n) is 5.28. The fourth-order valence-electron chi connectivity index (χ4n) is 1.61. The highest BCUT2D eigenvalue weighted by Crippen LogP contribution is 2.32. The average Bonchev–Trinajstić information content (AvgIpc) is 2.65. The third-order valence-electron chi connectivity index (χ3n) is 2.35. The molecule has 0 radical (unpaired) electrons. The van der Waals surface area contributed by atoms with Crippen molar-refractivity contribution in [2.45, 2.75) is 19.4 Å². The van der Waals surface area contributed by atoms with Gasteiger partial charge < -0.3 is 9.52 Å². The van der Waals surface area contributed by atoms with Crippen molar-refractivity contribution in [2.24, 2.45) is 0 Å². The molecule has 1 aromatic carbocycles. The number of halogens is 2. The lowest BCUT2D eigenvalue weighted by Crippen LogP contribution is -2.02. The molecule has 1 heterocycles. The summed E-state index contributed by atoms with van der Waals surface area (Å²) in [6, 6.07) is 9.75. The molecular formula is C13H12Br2O2. The van der Waals surface area contributed by atoms with E-state index in [9.17, 15) is 5.11 Å². The van der Waals surface area contributed by atoms with Gasteiger partial charge >= 0.3 is 0 Å². The molecule has 0 aliphatic rings. The van der Waals surface area contributed by atoms with Crippen LogP contribution in [-0.2, 0) is 6.42 Å². The SMILES string of the molecule is CC(O)Cc1ccc(-c2ccc(Br)cc2Br)o1. The maximum absolute atomic E-state index is 9.30. The molecule has 2 aromatic rings. The lowest BCUT2D eigenvalue weighted by atomic mass is 10.2. The van der Waals surface area contributed by atoms with Crippen LogP contribution in [-0.4, -0.2) is 11.2 Å². The Kier molecular flexibility index (Phi) is 4.07.